The Morgan fingerprint density at radius 3 is 2.86 bits per heavy atom. The number of carbonyl (C=O) groups is 1. The van der Waals surface area contributed by atoms with Gasteiger partial charge in [-0.15, -0.1) is 0 Å². The lowest BCUT2D eigenvalue weighted by Gasteiger charge is -2.21. The summed E-state index contributed by atoms with van der Waals surface area (Å²) in [6.07, 6.45) is 4.89. The zero-order valence-electron chi connectivity index (χ0n) is 8.79. The van der Waals surface area contributed by atoms with Crippen molar-refractivity contribution in [3.8, 4) is 0 Å². The van der Waals surface area contributed by atoms with Gasteiger partial charge >= 0.3 is 6.09 Å². The van der Waals surface area contributed by atoms with Gasteiger partial charge in [-0.05, 0) is 26.2 Å². The van der Waals surface area contributed by atoms with Crippen molar-refractivity contribution in [2.24, 2.45) is 5.73 Å². The molecule has 3 N–H and O–H groups in total. The molecule has 0 aromatic rings. The van der Waals surface area contributed by atoms with Crippen molar-refractivity contribution < 1.29 is 9.53 Å². The average molecular weight is 200 g/mol. The molecule has 0 aromatic carbocycles. The third-order valence-corrected chi connectivity index (χ3v) is 2.58. The molecule has 1 rings (SSSR count). The van der Waals surface area contributed by atoms with Crippen LogP contribution in [0.3, 0.4) is 0 Å². The fraction of sp³-hybridized carbons (Fsp3) is 0.900. The Hall–Kier alpha value is -0.770. The number of hydrogen-bond donors (Lipinski definition) is 2. The van der Waals surface area contributed by atoms with E-state index in [0.717, 1.165) is 25.7 Å². The van der Waals surface area contributed by atoms with E-state index in [4.69, 9.17) is 10.5 Å². The minimum absolute atomic E-state index is 0.0140. The number of nitrogens with two attached hydrogens (primary N) is 1. The normalized spacial score (nSPS) is 27.9. The van der Waals surface area contributed by atoms with Crippen LogP contribution in [0.5, 0.6) is 0 Å². The van der Waals surface area contributed by atoms with E-state index >= 15 is 0 Å². The van der Waals surface area contributed by atoms with E-state index < -0.39 is 0 Å². The number of amides is 1. The Morgan fingerprint density at radius 1 is 1.43 bits per heavy atom. The van der Waals surface area contributed by atoms with Gasteiger partial charge in [0.1, 0.15) is 6.10 Å². The van der Waals surface area contributed by atoms with Crippen molar-refractivity contribution in [2.75, 3.05) is 6.54 Å². The SMILES string of the molecule is CCNC(=O)OC1CCCCCC1N. The molecule has 2 atom stereocenters. The van der Waals surface area contributed by atoms with Crippen molar-refractivity contribution in [2.45, 2.75) is 51.2 Å². The minimum atomic E-state index is -0.338. The molecule has 0 heterocycles. The lowest BCUT2D eigenvalue weighted by molar-refractivity contribution is 0.0787. The van der Waals surface area contributed by atoms with Crippen molar-refractivity contribution >= 4 is 6.09 Å². The molecular weight excluding hydrogens is 180 g/mol. The number of carbonyl (C=O) groups excluding carboxylic acids is 1. The smallest absolute Gasteiger partial charge is 0.407 e. The summed E-state index contributed by atoms with van der Waals surface area (Å²) in [7, 11) is 0. The maximum atomic E-state index is 11.2. The van der Waals surface area contributed by atoms with E-state index in [-0.39, 0.29) is 18.2 Å². The summed E-state index contributed by atoms with van der Waals surface area (Å²) in [5.41, 5.74) is 5.92. The second-order valence-corrected chi connectivity index (χ2v) is 3.78. The standard InChI is InChI=1S/C10H20N2O2/c1-2-12-10(13)14-9-7-5-3-4-6-8(9)11/h8-9H,2-7,11H2,1H3,(H,12,13). The Morgan fingerprint density at radius 2 is 2.14 bits per heavy atom. The minimum Gasteiger partial charge on any atom is -0.445 e. The lowest BCUT2D eigenvalue weighted by atomic mass is 10.1. The summed E-state index contributed by atoms with van der Waals surface area (Å²) >= 11 is 0. The highest BCUT2D eigenvalue weighted by molar-refractivity contribution is 5.67. The van der Waals surface area contributed by atoms with Gasteiger partial charge in [0.25, 0.3) is 0 Å². The molecule has 2 unspecified atom stereocenters. The first-order chi connectivity index (χ1) is 6.74. The first-order valence-electron chi connectivity index (χ1n) is 5.44. The molecule has 4 nitrogen and oxygen atoms in total. The molecule has 14 heavy (non-hydrogen) atoms. The van der Waals surface area contributed by atoms with Crippen LogP contribution in [-0.2, 0) is 4.74 Å². The third-order valence-electron chi connectivity index (χ3n) is 2.58. The van der Waals surface area contributed by atoms with Crippen LogP contribution in [0.4, 0.5) is 4.79 Å². The van der Waals surface area contributed by atoms with Gasteiger partial charge < -0.3 is 15.8 Å². The van der Waals surface area contributed by atoms with Crippen molar-refractivity contribution in [1.82, 2.24) is 5.32 Å². The zero-order valence-corrected chi connectivity index (χ0v) is 8.79. The van der Waals surface area contributed by atoms with Crippen molar-refractivity contribution in [3.05, 3.63) is 0 Å². The van der Waals surface area contributed by atoms with E-state index in [1.807, 2.05) is 6.92 Å². The number of ether oxygens (including phenoxy) is 1. The highest BCUT2D eigenvalue weighted by Crippen LogP contribution is 2.19. The molecule has 0 aromatic heterocycles. The van der Waals surface area contributed by atoms with E-state index in [2.05, 4.69) is 5.32 Å². The highest BCUT2D eigenvalue weighted by atomic mass is 16.6. The van der Waals surface area contributed by atoms with Crippen molar-refractivity contribution in [3.63, 3.8) is 0 Å². The molecule has 0 saturated heterocycles. The predicted octanol–water partition coefficient (Wildman–Crippen LogP) is 1.39. The van der Waals surface area contributed by atoms with Gasteiger partial charge in [0, 0.05) is 12.6 Å². The van der Waals surface area contributed by atoms with Gasteiger partial charge in [-0.3, -0.25) is 0 Å². The second kappa shape index (κ2) is 5.86. The van der Waals surface area contributed by atoms with Gasteiger partial charge in [0.15, 0.2) is 0 Å². The fourth-order valence-corrected chi connectivity index (χ4v) is 1.77. The number of nitrogens with one attached hydrogen (secondary N) is 1. The Balaban J connectivity index is 2.36. The zero-order chi connectivity index (χ0) is 10.4. The van der Waals surface area contributed by atoms with Gasteiger partial charge in [-0.1, -0.05) is 12.8 Å². The molecule has 1 aliphatic rings. The van der Waals surface area contributed by atoms with Gasteiger partial charge in [-0.2, -0.15) is 0 Å². The van der Waals surface area contributed by atoms with Gasteiger partial charge in [0.2, 0.25) is 0 Å². The van der Waals surface area contributed by atoms with Crippen LogP contribution in [0.15, 0.2) is 0 Å². The molecule has 1 aliphatic carbocycles. The third kappa shape index (κ3) is 3.54. The maximum absolute atomic E-state index is 11.2. The first kappa shape index (κ1) is 11.3. The van der Waals surface area contributed by atoms with Crippen LogP contribution in [0, 0.1) is 0 Å². The average Bonchev–Trinajstić information content (AvgIpc) is 2.33. The van der Waals surface area contributed by atoms with Gasteiger partial charge in [-0.25, -0.2) is 4.79 Å². The van der Waals surface area contributed by atoms with E-state index in [1.54, 1.807) is 0 Å². The Kier molecular flexibility index (Phi) is 4.73. The topological polar surface area (TPSA) is 64.3 Å². The molecule has 4 heteroatoms. The quantitative estimate of drug-likeness (QED) is 0.662. The monoisotopic (exact) mass is 200 g/mol. The van der Waals surface area contributed by atoms with Crippen LogP contribution in [0.25, 0.3) is 0 Å². The first-order valence-corrected chi connectivity index (χ1v) is 5.44. The van der Waals surface area contributed by atoms with Crippen LogP contribution in [-0.4, -0.2) is 24.8 Å². The predicted molar refractivity (Wildman–Crippen MR) is 55.0 cm³/mol. The van der Waals surface area contributed by atoms with E-state index in [1.165, 1.54) is 6.42 Å². The maximum Gasteiger partial charge on any atom is 0.407 e. The van der Waals surface area contributed by atoms with Crippen LogP contribution in [0.2, 0.25) is 0 Å². The molecule has 1 fully saturated rings. The fourth-order valence-electron chi connectivity index (χ4n) is 1.77. The summed E-state index contributed by atoms with van der Waals surface area (Å²) in [6.45, 7) is 2.47. The Bertz CT molecular complexity index is 185. The summed E-state index contributed by atoms with van der Waals surface area (Å²) in [5, 5.41) is 2.62. The molecular formula is C10H20N2O2. The molecule has 82 valence electrons. The van der Waals surface area contributed by atoms with Crippen LogP contribution in [0.1, 0.15) is 39.0 Å². The van der Waals surface area contributed by atoms with Crippen molar-refractivity contribution in [1.29, 1.82) is 0 Å². The summed E-state index contributed by atoms with van der Waals surface area (Å²) in [5.74, 6) is 0. The van der Waals surface area contributed by atoms with E-state index in [0.29, 0.717) is 6.54 Å². The van der Waals surface area contributed by atoms with Crippen LogP contribution >= 0.6 is 0 Å². The number of hydrogen-bond acceptors (Lipinski definition) is 3. The highest BCUT2D eigenvalue weighted by Gasteiger charge is 2.23. The molecule has 0 radical (unpaired) electrons. The molecule has 0 bridgehead atoms. The molecule has 0 spiro atoms. The molecule has 0 aliphatic heterocycles. The molecule has 1 saturated carbocycles. The number of alkyl carbamates (subject to hydrolysis) is 1. The Labute approximate surface area is 85.2 Å². The second-order valence-electron chi connectivity index (χ2n) is 3.78. The van der Waals surface area contributed by atoms with Gasteiger partial charge in [0.05, 0.1) is 0 Å². The largest absolute Gasteiger partial charge is 0.445 e. The molecule has 1 amide bonds. The summed E-state index contributed by atoms with van der Waals surface area (Å²) in [4.78, 5) is 11.2. The lowest BCUT2D eigenvalue weighted by Crippen LogP contribution is -2.39. The summed E-state index contributed by atoms with van der Waals surface area (Å²) in [6, 6.07) is 0.0140. The number of rotatable bonds is 2. The van der Waals surface area contributed by atoms with E-state index in [9.17, 15) is 4.79 Å². The van der Waals surface area contributed by atoms with Crippen LogP contribution < -0.4 is 11.1 Å². The summed E-state index contributed by atoms with van der Waals surface area (Å²) < 4.78 is 5.25.